The number of hydrogen-bond acceptors (Lipinski definition) is 1. The molecule has 1 rings (SSSR count). The van der Waals surface area contributed by atoms with Crippen LogP contribution in [0.15, 0.2) is 0 Å². The van der Waals surface area contributed by atoms with E-state index in [0.29, 0.717) is 0 Å². The van der Waals surface area contributed by atoms with Gasteiger partial charge in [0, 0.05) is 12.3 Å². The highest BCUT2D eigenvalue weighted by atomic mass is 16.4. The molecular weight excluding hydrogens is 128 g/mol. The second kappa shape index (κ2) is 3.04. The Morgan fingerprint density at radius 1 is 2.10 bits per heavy atom. The molecule has 1 unspecified atom stereocenters. The van der Waals surface area contributed by atoms with Gasteiger partial charge in [-0.3, -0.25) is 4.79 Å². The van der Waals surface area contributed by atoms with Crippen LogP contribution >= 0.6 is 0 Å². The van der Waals surface area contributed by atoms with E-state index in [2.05, 4.69) is 0 Å². The summed E-state index contributed by atoms with van der Waals surface area (Å²) in [5.74, 6) is -6.66. The van der Waals surface area contributed by atoms with Gasteiger partial charge in [0.1, 0.15) is 0 Å². The predicted molar refractivity (Wildman–Crippen MR) is 38.8 cm³/mol. The number of carboxylic acids is 1. The minimum Gasteiger partial charge on any atom is -0.481 e. The molecule has 0 radical (unpaired) electrons. The lowest BCUT2D eigenvalue weighted by Crippen LogP contribution is -2.19. The van der Waals surface area contributed by atoms with Crippen molar-refractivity contribution in [1.29, 1.82) is 0 Å². The molecule has 2 nitrogen and oxygen atoms in total. The van der Waals surface area contributed by atoms with Gasteiger partial charge in [-0.15, -0.1) is 0 Å². The Morgan fingerprint density at radius 2 is 2.70 bits per heavy atom. The van der Waals surface area contributed by atoms with E-state index in [1.807, 2.05) is 0 Å². The highest BCUT2D eigenvalue weighted by Gasteiger charge is 2.22. The maximum absolute atomic E-state index is 10.9. The first-order valence-corrected chi connectivity index (χ1v) is 2.83. The van der Waals surface area contributed by atoms with E-state index >= 15 is 0 Å². The summed E-state index contributed by atoms with van der Waals surface area (Å²) in [7, 11) is 0. The quantitative estimate of drug-likeness (QED) is 0.669. The fraction of sp³-hybridized carbons (Fsp3) is 0.875. The first kappa shape index (κ1) is 1.99. The zero-order valence-corrected chi connectivity index (χ0v) is 5.43. The molecule has 0 aromatic heterocycles. The van der Waals surface area contributed by atoms with Crippen molar-refractivity contribution in [3.8, 4) is 0 Å². The summed E-state index contributed by atoms with van der Waals surface area (Å²) >= 11 is 0. The van der Waals surface area contributed by atoms with Gasteiger partial charge >= 0.3 is 5.97 Å². The van der Waals surface area contributed by atoms with E-state index in [-0.39, 0.29) is 0 Å². The number of hydrogen-bond donors (Lipinski definition) is 1. The van der Waals surface area contributed by atoms with Crippen LogP contribution in [0.3, 0.4) is 0 Å². The molecule has 10 heavy (non-hydrogen) atoms. The molecule has 1 aliphatic rings. The second-order valence-electron chi connectivity index (χ2n) is 1.95. The summed E-state index contributed by atoms with van der Waals surface area (Å²) in [5.41, 5.74) is 0. The van der Waals surface area contributed by atoms with Crippen LogP contribution in [-0.4, -0.2) is 11.1 Å². The monoisotopic (exact) mass is 151 g/mol. The third-order valence-corrected chi connectivity index (χ3v) is 1.11. The summed E-state index contributed by atoms with van der Waals surface area (Å²) < 4.78 is 67.8. The first-order chi connectivity index (χ1) is 8.10. The Hall–Kier alpha value is -0.530. The van der Waals surface area contributed by atoms with Gasteiger partial charge in [-0.05, 0) is 12.3 Å². The molecule has 1 saturated carbocycles. The van der Waals surface area contributed by atoms with E-state index in [4.69, 9.17) is 17.4 Å². The molecular formula is C8H14O2. The van der Waals surface area contributed by atoms with Crippen molar-refractivity contribution in [2.24, 2.45) is 11.8 Å². The molecule has 0 aliphatic heterocycles. The van der Waals surface area contributed by atoms with Crippen LogP contribution in [0.25, 0.3) is 0 Å². The van der Waals surface area contributed by atoms with E-state index in [9.17, 15) is 4.79 Å². The van der Waals surface area contributed by atoms with Crippen LogP contribution < -0.4 is 0 Å². The normalized spacial score (nSPS) is 54.7. The van der Waals surface area contributed by atoms with Crippen LogP contribution in [-0.2, 0) is 4.79 Å². The fourth-order valence-corrected chi connectivity index (χ4v) is 0.475. The van der Waals surface area contributed by atoms with Gasteiger partial charge in [-0.1, -0.05) is 26.0 Å². The third-order valence-electron chi connectivity index (χ3n) is 1.11. The Balaban J connectivity index is 3.44. The summed E-state index contributed by atoms with van der Waals surface area (Å²) in [4.78, 5) is 10.9. The fourth-order valence-electron chi connectivity index (χ4n) is 0.475. The van der Waals surface area contributed by atoms with Crippen molar-refractivity contribution in [1.82, 2.24) is 0 Å². The van der Waals surface area contributed by atoms with Gasteiger partial charge < -0.3 is 5.11 Å². The standard InChI is InChI=1S/C8H14O2/c1-6(8(9)10)5-7-3-2-4-7/h6-7H,2-5H2,1H3,(H,9,10)/i2D2,3D2,4D2,5D2,7D. The van der Waals surface area contributed by atoms with Crippen molar-refractivity contribution in [2.75, 3.05) is 0 Å². The molecule has 0 saturated heterocycles. The Morgan fingerprint density at radius 3 is 3.20 bits per heavy atom. The van der Waals surface area contributed by atoms with Crippen molar-refractivity contribution in [3.05, 3.63) is 0 Å². The minimum atomic E-state index is -3.16. The molecule has 2 heteroatoms. The largest absolute Gasteiger partial charge is 0.481 e. The maximum Gasteiger partial charge on any atom is 0.306 e. The van der Waals surface area contributed by atoms with Crippen molar-refractivity contribution in [3.63, 3.8) is 0 Å². The Labute approximate surface area is 73.9 Å². The number of rotatable bonds is 3. The van der Waals surface area contributed by atoms with Crippen LogP contribution in [0.4, 0.5) is 0 Å². The van der Waals surface area contributed by atoms with Gasteiger partial charge in [0.2, 0.25) is 0 Å². The summed E-state index contributed by atoms with van der Waals surface area (Å²) in [5, 5.41) is 8.81. The molecule has 1 fully saturated rings. The molecule has 0 aromatic carbocycles. The SMILES string of the molecule is [2H]C([2H])(C(C)C(=O)O)C1([2H])C([2H])([2H])C([2H])([2H])C1([2H])[2H]. The maximum atomic E-state index is 10.9. The molecule has 0 aromatic rings. The Bertz CT molecular complexity index is 398. The second-order valence-corrected chi connectivity index (χ2v) is 1.95. The zero-order chi connectivity index (χ0) is 15.7. The summed E-state index contributed by atoms with van der Waals surface area (Å²) in [6.45, 7) is 0.901. The van der Waals surface area contributed by atoms with Gasteiger partial charge in [-0.25, -0.2) is 0 Å². The average Bonchev–Trinajstić information content (AvgIpc) is 2.24. The van der Waals surface area contributed by atoms with E-state index < -0.39 is 43.3 Å². The molecule has 58 valence electrons. The van der Waals surface area contributed by atoms with Gasteiger partial charge in [0.05, 0.1) is 5.92 Å². The minimum absolute atomic E-state index is 0.901. The number of carbonyl (C=O) groups is 1. The summed E-state index contributed by atoms with van der Waals surface area (Å²) in [6, 6.07) is 0. The van der Waals surface area contributed by atoms with E-state index in [0.717, 1.165) is 6.92 Å². The third kappa shape index (κ3) is 1.72. The molecule has 0 amide bonds. The van der Waals surface area contributed by atoms with E-state index in [1.54, 1.807) is 0 Å². The smallest absolute Gasteiger partial charge is 0.306 e. The van der Waals surface area contributed by atoms with Gasteiger partial charge in [0.15, 0.2) is 0 Å². The molecule has 1 atom stereocenters. The Kier molecular flexibility index (Phi) is 0.605. The highest BCUT2D eigenvalue weighted by molar-refractivity contribution is 5.69. The number of carboxylic acid groups (broad SMARTS) is 1. The van der Waals surface area contributed by atoms with Crippen molar-refractivity contribution in [2.45, 2.75) is 32.4 Å². The lowest BCUT2D eigenvalue weighted by atomic mass is 9.79. The number of aliphatic carboxylic acids is 1. The molecule has 0 spiro atoms. The van der Waals surface area contributed by atoms with Gasteiger partial charge in [-0.2, -0.15) is 0 Å². The van der Waals surface area contributed by atoms with Crippen LogP contribution in [0.2, 0.25) is 0 Å². The zero-order valence-electron chi connectivity index (χ0n) is 14.4. The van der Waals surface area contributed by atoms with E-state index in [1.165, 1.54) is 0 Å². The topological polar surface area (TPSA) is 37.3 Å². The average molecular weight is 151 g/mol. The lowest BCUT2D eigenvalue weighted by molar-refractivity contribution is -0.141. The highest BCUT2D eigenvalue weighted by Crippen LogP contribution is 2.31. The molecule has 1 N–H and O–H groups in total. The lowest BCUT2D eigenvalue weighted by Gasteiger charge is -2.26. The molecule has 0 bridgehead atoms. The van der Waals surface area contributed by atoms with Crippen molar-refractivity contribution < 1.29 is 22.2 Å². The molecule has 1 aliphatic carbocycles. The summed E-state index contributed by atoms with van der Waals surface area (Å²) in [6.07, 6.45) is -12.5. The predicted octanol–water partition coefficient (Wildman–Crippen LogP) is 1.90. The van der Waals surface area contributed by atoms with Crippen LogP contribution in [0, 0.1) is 11.8 Å². The molecule has 0 heterocycles. The van der Waals surface area contributed by atoms with Crippen molar-refractivity contribution >= 4 is 5.97 Å². The van der Waals surface area contributed by atoms with Crippen LogP contribution in [0.5, 0.6) is 0 Å². The van der Waals surface area contributed by atoms with Gasteiger partial charge in [0.25, 0.3) is 0 Å². The van der Waals surface area contributed by atoms with Crippen LogP contribution in [0.1, 0.15) is 44.8 Å². The first-order valence-electron chi connectivity index (χ1n) is 7.33.